The zero-order valence-corrected chi connectivity index (χ0v) is 25.9. The van der Waals surface area contributed by atoms with Gasteiger partial charge in [-0.1, -0.05) is 140 Å². The fourth-order valence-corrected chi connectivity index (χ4v) is 8.06. The molecular formula is C44H29NS. The monoisotopic (exact) mass is 603 g/mol. The third kappa shape index (κ3) is 4.46. The maximum Gasteiger partial charge on any atom is 0.0547 e. The van der Waals surface area contributed by atoms with Crippen LogP contribution < -0.4 is 4.90 Å². The Morgan fingerprint density at radius 2 is 0.935 bits per heavy atom. The van der Waals surface area contributed by atoms with Crippen molar-refractivity contribution in [3.05, 3.63) is 176 Å². The summed E-state index contributed by atoms with van der Waals surface area (Å²) in [6.45, 7) is 0. The summed E-state index contributed by atoms with van der Waals surface area (Å²) in [5.74, 6) is 0. The van der Waals surface area contributed by atoms with Crippen LogP contribution in [0.5, 0.6) is 0 Å². The lowest BCUT2D eigenvalue weighted by molar-refractivity contribution is 1.30. The predicted octanol–water partition coefficient (Wildman–Crippen LogP) is 13.2. The summed E-state index contributed by atoms with van der Waals surface area (Å²) in [7, 11) is 0. The van der Waals surface area contributed by atoms with Gasteiger partial charge >= 0.3 is 0 Å². The van der Waals surface area contributed by atoms with Crippen molar-refractivity contribution in [1.82, 2.24) is 0 Å². The van der Waals surface area contributed by atoms with Crippen molar-refractivity contribution in [2.45, 2.75) is 0 Å². The molecule has 216 valence electrons. The molecule has 0 bridgehead atoms. The third-order valence-electron chi connectivity index (χ3n) is 9.06. The highest BCUT2D eigenvalue weighted by Gasteiger charge is 2.19. The summed E-state index contributed by atoms with van der Waals surface area (Å²) in [5.41, 5.74) is 8.32. The Balaban J connectivity index is 1.26. The first-order chi connectivity index (χ1) is 22.8. The fraction of sp³-hybridized carbons (Fsp3) is 0. The Kier molecular flexibility index (Phi) is 6.40. The van der Waals surface area contributed by atoms with E-state index in [-0.39, 0.29) is 0 Å². The largest absolute Gasteiger partial charge is 0.310 e. The molecule has 0 N–H and O–H groups in total. The van der Waals surface area contributed by atoms with Crippen LogP contribution in [0.3, 0.4) is 0 Å². The topological polar surface area (TPSA) is 3.24 Å². The molecule has 0 aliphatic heterocycles. The molecule has 0 aliphatic rings. The highest BCUT2D eigenvalue weighted by atomic mass is 32.1. The number of thiophene rings is 1. The Hall–Kier alpha value is -5.70. The average molecular weight is 604 g/mol. The van der Waals surface area contributed by atoms with Gasteiger partial charge in [-0.15, -0.1) is 11.3 Å². The maximum absolute atomic E-state index is 2.43. The number of hydrogen-bond donors (Lipinski definition) is 0. The van der Waals surface area contributed by atoms with Crippen molar-refractivity contribution in [2.24, 2.45) is 0 Å². The molecule has 8 aromatic carbocycles. The van der Waals surface area contributed by atoms with E-state index in [0.717, 1.165) is 11.4 Å². The van der Waals surface area contributed by atoms with Crippen LogP contribution in [0.2, 0.25) is 0 Å². The molecule has 0 aliphatic carbocycles. The van der Waals surface area contributed by atoms with E-state index in [9.17, 15) is 0 Å². The molecule has 46 heavy (non-hydrogen) atoms. The normalized spacial score (nSPS) is 11.5. The lowest BCUT2D eigenvalue weighted by atomic mass is 9.97. The van der Waals surface area contributed by atoms with Gasteiger partial charge in [-0.2, -0.15) is 0 Å². The van der Waals surface area contributed by atoms with Gasteiger partial charge in [0.1, 0.15) is 0 Å². The van der Waals surface area contributed by atoms with Gasteiger partial charge < -0.3 is 4.90 Å². The van der Waals surface area contributed by atoms with Crippen LogP contribution in [0.15, 0.2) is 176 Å². The van der Waals surface area contributed by atoms with Gasteiger partial charge in [-0.3, -0.25) is 0 Å². The lowest BCUT2D eigenvalue weighted by Gasteiger charge is -2.27. The van der Waals surface area contributed by atoms with Crippen molar-refractivity contribution < 1.29 is 0 Å². The van der Waals surface area contributed by atoms with Gasteiger partial charge in [0.05, 0.1) is 5.69 Å². The molecule has 1 heterocycles. The number of fused-ring (bicyclic) bond motifs is 6. The van der Waals surface area contributed by atoms with E-state index in [2.05, 4.69) is 181 Å². The molecule has 0 saturated carbocycles. The summed E-state index contributed by atoms with van der Waals surface area (Å²) < 4.78 is 2.66. The molecular weight excluding hydrogens is 575 g/mol. The second-order valence-electron chi connectivity index (χ2n) is 11.7. The van der Waals surface area contributed by atoms with Crippen molar-refractivity contribution in [1.29, 1.82) is 0 Å². The summed E-state index contributed by atoms with van der Waals surface area (Å²) in [4.78, 5) is 2.43. The van der Waals surface area contributed by atoms with Crippen molar-refractivity contribution in [3.8, 4) is 22.3 Å². The van der Waals surface area contributed by atoms with Crippen molar-refractivity contribution in [2.75, 3.05) is 4.90 Å². The van der Waals surface area contributed by atoms with E-state index in [1.54, 1.807) is 0 Å². The van der Waals surface area contributed by atoms with E-state index >= 15 is 0 Å². The second kappa shape index (κ2) is 11.0. The summed E-state index contributed by atoms with van der Waals surface area (Å²) >= 11 is 1.88. The van der Waals surface area contributed by atoms with Crippen LogP contribution in [-0.2, 0) is 0 Å². The first-order valence-electron chi connectivity index (χ1n) is 15.7. The number of rotatable bonds is 5. The number of hydrogen-bond acceptors (Lipinski definition) is 2. The molecule has 0 saturated heterocycles. The van der Waals surface area contributed by atoms with Crippen LogP contribution >= 0.6 is 11.3 Å². The van der Waals surface area contributed by atoms with Crippen LogP contribution in [0.4, 0.5) is 17.1 Å². The van der Waals surface area contributed by atoms with Gasteiger partial charge in [0, 0.05) is 42.3 Å². The molecule has 1 nitrogen and oxygen atoms in total. The second-order valence-corrected chi connectivity index (χ2v) is 12.8. The van der Waals surface area contributed by atoms with Crippen LogP contribution in [0.1, 0.15) is 0 Å². The highest BCUT2D eigenvalue weighted by molar-refractivity contribution is 7.26. The Labute approximate surface area is 272 Å². The molecule has 2 heteroatoms. The number of anilines is 3. The first kappa shape index (κ1) is 26.7. The smallest absolute Gasteiger partial charge is 0.0547 e. The van der Waals surface area contributed by atoms with E-state index in [1.165, 1.54) is 69.7 Å². The minimum atomic E-state index is 1.13. The van der Waals surface area contributed by atoms with Crippen molar-refractivity contribution >= 4 is 70.1 Å². The first-order valence-corrected chi connectivity index (χ1v) is 16.5. The average Bonchev–Trinajstić information content (AvgIpc) is 3.51. The predicted molar refractivity (Wildman–Crippen MR) is 200 cm³/mol. The summed E-state index contributed by atoms with van der Waals surface area (Å²) in [5, 5.41) is 7.66. The molecule has 0 unspecified atom stereocenters. The quantitative estimate of drug-likeness (QED) is 0.189. The molecule has 0 atom stereocenters. The third-order valence-corrected chi connectivity index (χ3v) is 10.3. The van der Waals surface area contributed by atoms with E-state index in [0.29, 0.717) is 0 Å². The van der Waals surface area contributed by atoms with Gasteiger partial charge in [0.15, 0.2) is 0 Å². The van der Waals surface area contributed by atoms with E-state index < -0.39 is 0 Å². The Morgan fingerprint density at radius 1 is 0.370 bits per heavy atom. The number of nitrogens with zero attached hydrogens (tertiary/aromatic N) is 1. The van der Waals surface area contributed by atoms with Gasteiger partial charge in [-0.25, -0.2) is 0 Å². The molecule has 0 amide bonds. The van der Waals surface area contributed by atoms with E-state index in [1.807, 2.05) is 11.3 Å². The molecule has 0 radical (unpaired) electrons. The van der Waals surface area contributed by atoms with E-state index in [4.69, 9.17) is 0 Å². The fourth-order valence-electron chi connectivity index (χ4n) is 6.84. The van der Waals surface area contributed by atoms with Crippen LogP contribution in [0.25, 0.3) is 64.0 Å². The van der Waals surface area contributed by atoms with Gasteiger partial charge in [0.2, 0.25) is 0 Å². The van der Waals surface area contributed by atoms with Gasteiger partial charge in [0.25, 0.3) is 0 Å². The SMILES string of the molecule is c1ccc(-c2ccc(N(c3ccc(-c4cccc5ccccc45)cc3)c3cc4c5ccccc5sc4c4ccccc34)cc2)cc1. The molecule has 9 aromatic rings. The minimum absolute atomic E-state index is 1.13. The molecule has 0 fully saturated rings. The zero-order chi connectivity index (χ0) is 30.5. The van der Waals surface area contributed by atoms with Crippen molar-refractivity contribution in [3.63, 3.8) is 0 Å². The summed E-state index contributed by atoms with van der Waals surface area (Å²) in [6, 6.07) is 63.9. The summed E-state index contributed by atoms with van der Waals surface area (Å²) in [6.07, 6.45) is 0. The van der Waals surface area contributed by atoms with Crippen LogP contribution in [0, 0.1) is 0 Å². The molecule has 9 rings (SSSR count). The van der Waals surface area contributed by atoms with Gasteiger partial charge in [-0.05, 0) is 69.4 Å². The maximum atomic E-state index is 2.43. The minimum Gasteiger partial charge on any atom is -0.310 e. The Bertz CT molecular complexity index is 2500. The number of benzene rings is 8. The standard InChI is InChI=1S/C44H29NS/c1-2-11-30(12-3-1)31-21-25-34(26-22-31)45(35-27-23-33(24-28-35)37-19-10-14-32-13-4-5-15-36(32)37)42-29-41-39-17-8-9-20-43(39)46-44(41)40-18-7-6-16-38(40)42/h1-29H. The lowest BCUT2D eigenvalue weighted by Crippen LogP contribution is -2.10. The molecule has 1 aromatic heterocycles. The molecule has 0 spiro atoms. The Morgan fingerprint density at radius 3 is 1.70 bits per heavy atom. The zero-order valence-electron chi connectivity index (χ0n) is 25.1. The highest BCUT2D eigenvalue weighted by Crippen LogP contribution is 2.46. The van der Waals surface area contributed by atoms with Crippen LogP contribution in [-0.4, -0.2) is 0 Å².